The Morgan fingerprint density at radius 3 is 2.74 bits per heavy atom. The van der Waals surface area contributed by atoms with Crippen LogP contribution < -0.4 is 5.32 Å². The summed E-state index contributed by atoms with van der Waals surface area (Å²) in [5, 5.41) is 15.9. The summed E-state index contributed by atoms with van der Waals surface area (Å²) in [4.78, 5) is 39.2. The lowest BCUT2D eigenvalue weighted by Gasteiger charge is -2.30. The topological polar surface area (TPSA) is 134 Å². The lowest BCUT2D eigenvalue weighted by molar-refractivity contribution is -0.178. The van der Waals surface area contributed by atoms with E-state index in [0.29, 0.717) is 37.3 Å². The van der Waals surface area contributed by atoms with Gasteiger partial charge in [-0.3, -0.25) is 14.6 Å². The van der Waals surface area contributed by atoms with Gasteiger partial charge >= 0.3 is 0 Å². The van der Waals surface area contributed by atoms with Crippen molar-refractivity contribution in [3.8, 4) is 0 Å². The Kier molecular flexibility index (Phi) is 11.3. The summed E-state index contributed by atoms with van der Waals surface area (Å²) < 4.78 is 11.2. The molecular weight excluding hydrogens is 442 g/mol. The SMILES string of the molecule is C=CC(=NC(C)=NCC1=NOC(C2COC(CO)CO2)C1)C(=O)NCC(/C=C\N(C)C)=C/C=O. The van der Waals surface area contributed by atoms with Crippen LogP contribution in [0.15, 0.2) is 51.7 Å². The number of aldehydes is 1. The number of aliphatic imine (C=N–C) groups is 2. The standard InChI is InChI=1S/C23H33N5O6/c1-5-20(23(31)25-11-17(7-9-29)6-8-28(3)4)26-16(2)24-12-18-10-21(34-27-18)22-15-32-19(13-30)14-33-22/h5-9,19,21-22,30H,1,10-15H2,2-4H3,(H,25,31)/b8-6-,17-7+,24-16?,26-20?. The molecule has 0 aromatic carbocycles. The maximum atomic E-state index is 12.5. The van der Waals surface area contributed by atoms with Crippen molar-refractivity contribution in [2.45, 2.75) is 31.7 Å². The summed E-state index contributed by atoms with van der Waals surface area (Å²) in [7, 11) is 3.71. The minimum absolute atomic E-state index is 0.0800. The minimum atomic E-state index is -0.433. The van der Waals surface area contributed by atoms with Crippen LogP contribution in [-0.2, 0) is 23.9 Å². The highest BCUT2D eigenvalue weighted by atomic mass is 16.7. The first kappa shape index (κ1) is 27.1. The molecule has 34 heavy (non-hydrogen) atoms. The molecule has 0 aromatic heterocycles. The van der Waals surface area contributed by atoms with E-state index in [1.165, 1.54) is 12.2 Å². The van der Waals surface area contributed by atoms with Crippen molar-refractivity contribution in [1.82, 2.24) is 10.2 Å². The number of ether oxygens (including phenoxy) is 2. The van der Waals surface area contributed by atoms with E-state index < -0.39 is 5.91 Å². The van der Waals surface area contributed by atoms with Crippen LogP contribution in [0.4, 0.5) is 0 Å². The Morgan fingerprint density at radius 1 is 1.32 bits per heavy atom. The zero-order valence-electron chi connectivity index (χ0n) is 19.8. The number of carbonyl (C=O) groups excluding carboxylic acids is 2. The minimum Gasteiger partial charge on any atom is -0.394 e. The van der Waals surface area contributed by atoms with Gasteiger partial charge < -0.3 is 29.6 Å². The van der Waals surface area contributed by atoms with Crippen molar-refractivity contribution >= 4 is 29.5 Å². The fraction of sp³-hybridized carbons (Fsp3) is 0.522. The van der Waals surface area contributed by atoms with Crippen molar-refractivity contribution in [3.05, 3.63) is 36.6 Å². The molecule has 3 unspecified atom stereocenters. The first-order valence-electron chi connectivity index (χ1n) is 10.9. The quantitative estimate of drug-likeness (QED) is 0.144. The molecule has 2 N–H and O–H groups in total. The molecule has 0 aliphatic carbocycles. The molecule has 0 spiro atoms. The second kappa shape index (κ2) is 14.2. The number of aliphatic hydroxyl groups excluding tert-OH is 1. The summed E-state index contributed by atoms with van der Waals surface area (Å²) in [6.07, 6.45) is 6.62. The molecule has 0 radical (unpaired) electrons. The van der Waals surface area contributed by atoms with Crippen LogP contribution in [0.1, 0.15) is 13.3 Å². The van der Waals surface area contributed by atoms with Crippen LogP contribution in [0.25, 0.3) is 0 Å². The molecule has 186 valence electrons. The molecule has 1 fully saturated rings. The molecule has 0 saturated carbocycles. The summed E-state index contributed by atoms with van der Waals surface area (Å²) >= 11 is 0. The second-order valence-corrected chi connectivity index (χ2v) is 7.92. The number of amidine groups is 1. The highest BCUT2D eigenvalue weighted by molar-refractivity contribution is 6.44. The predicted molar refractivity (Wildman–Crippen MR) is 129 cm³/mol. The molecule has 11 heteroatoms. The van der Waals surface area contributed by atoms with Crippen LogP contribution in [0, 0.1) is 0 Å². The van der Waals surface area contributed by atoms with Gasteiger partial charge in [0, 0.05) is 27.1 Å². The Hall–Kier alpha value is -3.15. The zero-order valence-corrected chi connectivity index (χ0v) is 19.8. The summed E-state index contributed by atoms with van der Waals surface area (Å²) in [5.74, 6) is -0.0489. The van der Waals surface area contributed by atoms with Gasteiger partial charge in [-0.1, -0.05) is 11.7 Å². The van der Waals surface area contributed by atoms with Crippen LogP contribution in [0.3, 0.4) is 0 Å². The van der Waals surface area contributed by atoms with Gasteiger partial charge in [0.15, 0.2) is 6.10 Å². The number of rotatable bonds is 11. The van der Waals surface area contributed by atoms with E-state index in [9.17, 15) is 9.59 Å². The van der Waals surface area contributed by atoms with Crippen LogP contribution in [-0.4, -0.2) is 105 Å². The Labute approximate surface area is 199 Å². The zero-order chi connectivity index (χ0) is 24.9. The molecule has 1 saturated heterocycles. The van der Waals surface area contributed by atoms with Gasteiger partial charge in [0.2, 0.25) is 0 Å². The van der Waals surface area contributed by atoms with Gasteiger partial charge in [-0.2, -0.15) is 0 Å². The molecule has 11 nitrogen and oxygen atoms in total. The van der Waals surface area contributed by atoms with Gasteiger partial charge in [0.05, 0.1) is 32.1 Å². The van der Waals surface area contributed by atoms with Gasteiger partial charge in [0.1, 0.15) is 30.0 Å². The average Bonchev–Trinajstić information content (AvgIpc) is 3.31. The van der Waals surface area contributed by atoms with Crippen LogP contribution >= 0.6 is 0 Å². The highest BCUT2D eigenvalue weighted by Crippen LogP contribution is 2.20. The monoisotopic (exact) mass is 475 g/mol. The van der Waals surface area contributed by atoms with E-state index in [1.54, 1.807) is 19.2 Å². The lowest BCUT2D eigenvalue weighted by Crippen LogP contribution is -2.43. The van der Waals surface area contributed by atoms with Gasteiger partial charge in [-0.25, -0.2) is 4.99 Å². The van der Waals surface area contributed by atoms with Crippen molar-refractivity contribution in [2.75, 3.05) is 47.0 Å². The molecule has 2 aliphatic heterocycles. The maximum absolute atomic E-state index is 12.5. The van der Waals surface area contributed by atoms with Gasteiger partial charge in [-0.05, 0) is 36.9 Å². The Bertz CT molecular complexity index is 869. The molecule has 3 atom stereocenters. The molecular formula is C23H33N5O6. The first-order valence-corrected chi connectivity index (χ1v) is 10.9. The van der Waals surface area contributed by atoms with Gasteiger partial charge in [-0.15, -0.1) is 0 Å². The molecule has 0 bridgehead atoms. The number of nitrogens with zero attached hydrogens (tertiary/aromatic N) is 4. The van der Waals surface area contributed by atoms with E-state index >= 15 is 0 Å². The fourth-order valence-corrected chi connectivity index (χ4v) is 3.00. The Balaban J connectivity index is 1.86. The number of carbonyl (C=O) groups is 2. The fourth-order valence-electron chi connectivity index (χ4n) is 3.00. The molecule has 2 rings (SSSR count). The van der Waals surface area contributed by atoms with Crippen LogP contribution in [0.2, 0.25) is 0 Å². The van der Waals surface area contributed by atoms with E-state index in [-0.39, 0.29) is 43.7 Å². The number of nitrogens with one attached hydrogen (secondary N) is 1. The van der Waals surface area contributed by atoms with E-state index in [2.05, 4.69) is 27.0 Å². The average molecular weight is 476 g/mol. The predicted octanol–water partition coefficient (Wildman–Crippen LogP) is 0.270. The highest BCUT2D eigenvalue weighted by Gasteiger charge is 2.34. The summed E-state index contributed by atoms with van der Waals surface area (Å²) in [5.41, 5.74) is 1.48. The number of hydrogen-bond donors (Lipinski definition) is 2. The van der Waals surface area contributed by atoms with Crippen molar-refractivity contribution < 1.29 is 29.0 Å². The normalized spacial score (nSPS) is 23.9. The third kappa shape index (κ3) is 9.00. The van der Waals surface area contributed by atoms with Crippen molar-refractivity contribution in [1.29, 1.82) is 0 Å². The largest absolute Gasteiger partial charge is 0.394 e. The second-order valence-electron chi connectivity index (χ2n) is 7.92. The van der Waals surface area contributed by atoms with Crippen molar-refractivity contribution in [2.24, 2.45) is 15.1 Å². The number of amides is 1. The maximum Gasteiger partial charge on any atom is 0.270 e. The Morgan fingerprint density at radius 2 is 2.12 bits per heavy atom. The smallest absolute Gasteiger partial charge is 0.270 e. The number of allylic oxidation sites excluding steroid dienone is 1. The van der Waals surface area contributed by atoms with Crippen LogP contribution in [0.5, 0.6) is 0 Å². The van der Waals surface area contributed by atoms with Crippen molar-refractivity contribution in [3.63, 3.8) is 0 Å². The van der Waals surface area contributed by atoms with E-state index in [1.807, 2.05) is 19.0 Å². The van der Waals surface area contributed by atoms with Gasteiger partial charge in [0.25, 0.3) is 5.91 Å². The van der Waals surface area contributed by atoms with E-state index in [4.69, 9.17) is 19.4 Å². The molecule has 0 aromatic rings. The lowest BCUT2D eigenvalue weighted by atomic mass is 10.1. The molecule has 2 aliphatic rings. The number of hydrogen-bond acceptors (Lipinski definition) is 9. The third-order valence-corrected chi connectivity index (χ3v) is 4.89. The first-order chi connectivity index (χ1) is 16.4. The summed E-state index contributed by atoms with van der Waals surface area (Å²) in [6, 6.07) is 0. The molecule has 2 heterocycles. The summed E-state index contributed by atoms with van der Waals surface area (Å²) in [6.45, 7) is 6.31. The number of aliphatic hydroxyl groups is 1. The van der Waals surface area contributed by atoms with E-state index in [0.717, 1.165) is 5.71 Å². The molecule has 1 amide bonds. The third-order valence-electron chi connectivity index (χ3n) is 4.89. The number of oxime groups is 1.